The molecule has 0 saturated carbocycles. The first kappa shape index (κ1) is 34.5. The lowest BCUT2D eigenvalue weighted by Crippen LogP contribution is -2.41. The fourth-order valence-electron chi connectivity index (χ4n) is 3.18. The van der Waals surface area contributed by atoms with Crippen LogP contribution in [0.3, 0.4) is 0 Å². The first-order valence-electron chi connectivity index (χ1n) is 12.3. The van der Waals surface area contributed by atoms with Gasteiger partial charge in [-0.25, -0.2) is 0 Å². The Morgan fingerprint density at radius 2 is 0.743 bits per heavy atom. The Morgan fingerprint density at radius 1 is 0.400 bits per heavy atom. The van der Waals surface area contributed by atoms with Gasteiger partial charge < -0.3 is 59.8 Å². The molecule has 0 aromatic heterocycles. The van der Waals surface area contributed by atoms with Crippen molar-refractivity contribution in [2.45, 2.75) is 38.1 Å². The summed E-state index contributed by atoms with van der Waals surface area (Å²) in [6.07, 6.45) is -0.492. The van der Waals surface area contributed by atoms with Gasteiger partial charge >= 0.3 is 0 Å². The van der Waals surface area contributed by atoms with Crippen LogP contribution in [0.1, 0.15) is 25.7 Å². The van der Waals surface area contributed by atoms with Gasteiger partial charge in [-0.15, -0.1) is 0 Å². The summed E-state index contributed by atoms with van der Waals surface area (Å²) in [7, 11) is 0. The Bertz CT molecular complexity index is 427. The van der Waals surface area contributed by atoms with Crippen LogP contribution >= 0.6 is 0 Å². The Morgan fingerprint density at radius 3 is 1.09 bits per heavy atom. The molecule has 35 heavy (non-hydrogen) atoms. The molecule has 0 spiro atoms. The second-order valence-electron chi connectivity index (χ2n) is 8.69. The maximum absolute atomic E-state index is 9.54. The third kappa shape index (κ3) is 16.8. The zero-order chi connectivity index (χ0) is 26.3. The van der Waals surface area contributed by atoms with Crippen molar-refractivity contribution in [1.29, 1.82) is 0 Å². The van der Waals surface area contributed by atoms with E-state index in [2.05, 4.69) is 0 Å². The summed E-state index contributed by atoms with van der Waals surface area (Å²) in [5.41, 5.74) is 0. The van der Waals surface area contributed by atoms with Crippen LogP contribution in [0, 0.1) is 23.7 Å². The molecule has 0 aromatic carbocycles. The van der Waals surface area contributed by atoms with Crippen molar-refractivity contribution in [3.63, 3.8) is 0 Å². The molecule has 0 aliphatic rings. The highest BCUT2D eigenvalue weighted by atomic mass is 16.7. The van der Waals surface area contributed by atoms with Crippen molar-refractivity contribution in [2.75, 3.05) is 85.9 Å². The Balaban J connectivity index is 5.45. The number of hydrogen-bond acceptors (Lipinski definition) is 12. The minimum absolute atomic E-state index is 0.0164. The highest BCUT2D eigenvalue weighted by molar-refractivity contribution is 4.69. The maximum atomic E-state index is 9.54. The molecule has 12 nitrogen and oxygen atoms in total. The molecule has 0 amide bonds. The van der Waals surface area contributed by atoms with Crippen LogP contribution in [-0.2, 0) is 18.9 Å². The third-order valence-electron chi connectivity index (χ3n) is 5.66. The smallest absolute Gasteiger partial charge is 0.185 e. The van der Waals surface area contributed by atoms with Crippen LogP contribution in [0.2, 0.25) is 0 Å². The third-order valence-corrected chi connectivity index (χ3v) is 5.66. The summed E-state index contributed by atoms with van der Waals surface area (Å²) in [6, 6.07) is 0. The normalized spacial score (nSPS) is 17.1. The summed E-state index contributed by atoms with van der Waals surface area (Å²) in [5, 5.41) is 74.7. The van der Waals surface area contributed by atoms with Gasteiger partial charge in [0.15, 0.2) is 6.29 Å². The lowest BCUT2D eigenvalue weighted by Gasteiger charge is -2.31. The Labute approximate surface area is 208 Å². The maximum Gasteiger partial charge on any atom is 0.185 e. The molecule has 0 saturated heterocycles. The predicted octanol–water partition coefficient (Wildman–Crippen LogP) is -2.29. The van der Waals surface area contributed by atoms with E-state index in [0.717, 1.165) is 0 Å². The monoisotopic (exact) mass is 516 g/mol. The van der Waals surface area contributed by atoms with E-state index in [1.54, 1.807) is 0 Å². The first-order valence-corrected chi connectivity index (χ1v) is 12.3. The topological polar surface area (TPSA) is 199 Å². The summed E-state index contributed by atoms with van der Waals surface area (Å²) < 4.78 is 23.5. The van der Waals surface area contributed by atoms with Crippen LogP contribution in [-0.4, -0.2) is 139 Å². The van der Waals surface area contributed by atoms with Crippen molar-refractivity contribution < 1.29 is 59.8 Å². The van der Waals surface area contributed by atoms with E-state index >= 15 is 0 Å². The molecule has 0 bridgehead atoms. The molecule has 0 fully saturated rings. The molecular weight excluding hydrogens is 468 g/mol. The van der Waals surface area contributed by atoms with Crippen molar-refractivity contribution in [3.8, 4) is 0 Å². The zero-order valence-corrected chi connectivity index (χ0v) is 20.7. The van der Waals surface area contributed by atoms with Gasteiger partial charge in [-0.1, -0.05) is 0 Å². The van der Waals surface area contributed by atoms with Crippen molar-refractivity contribution in [1.82, 2.24) is 0 Å². The van der Waals surface area contributed by atoms with Gasteiger partial charge in [0.25, 0.3) is 0 Å². The minimum atomic E-state index is -1.01. The van der Waals surface area contributed by atoms with Gasteiger partial charge in [-0.3, -0.25) is 0 Å². The van der Waals surface area contributed by atoms with Gasteiger partial charge in [0.05, 0.1) is 33.0 Å². The van der Waals surface area contributed by atoms with E-state index in [-0.39, 0.29) is 110 Å². The molecule has 8 N–H and O–H groups in total. The van der Waals surface area contributed by atoms with Crippen molar-refractivity contribution in [2.24, 2.45) is 23.7 Å². The molecule has 212 valence electrons. The van der Waals surface area contributed by atoms with Crippen LogP contribution < -0.4 is 0 Å². The van der Waals surface area contributed by atoms with Gasteiger partial charge in [-0.2, -0.15) is 0 Å². The minimum Gasteiger partial charge on any atom is -0.396 e. The number of hydrogen-bond donors (Lipinski definition) is 8. The van der Waals surface area contributed by atoms with Crippen LogP contribution in [0.5, 0.6) is 0 Å². The van der Waals surface area contributed by atoms with Crippen molar-refractivity contribution >= 4 is 0 Å². The average Bonchev–Trinajstić information content (AvgIpc) is 2.87. The van der Waals surface area contributed by atoms with E-state index in [1.807, 2.05) is 0 Å². The largest absolute Gasteiger partial charge is 0.396 e. The first-order chi connectivity index (χ1) is 17.0. The molecule has 0 aliphatic carbocycles. The fraction of sp³-hybridized carbons (Fsp3) is 1.00. The quantitative estimate of drug-likeness (QED) is 0.0573. The second kappa shape index (κ2) is 23.9. The summed E-state index contributed by atoms with van der Waals surface area (Å²) in [4.78, 5) is 0. The number of aliphatic hydroxyl groups excluding tert-OH is 8. The lowest BCUT2D eigenvalue weighted by atomic mass is 10.1. The van der Waals surface area contributed by atoms with E-state index in [0.29, 0.717) is 25.7 Å². The van der Waals surface area contributed by atoms with E-state index < -0.39 is 12.4 Å². The average molecular weight is 517 g/mol. The van der Waals surface area contributed by atoms with E-state index in [9.17, 15) is 35.7 Å². The van der Waals surface area contributed by atoms with Gasteiger partial charge in [0, 0.05) is 76.5 Å². The second-order valence-corrected chi connectivity index (χ2v) is 8.69. The molecule has 0 aromatic rings. The van der Waals surface area contributed by atoms with Crippen LogP contribution in [0.4, 0.5) is 0 Å². The molecule has 0 heterocycles. The lowest BCUT2D eigenvalue weighted by molar-refractivity contribution is -0.233. The SMILES string of the molecule is OCCC(CO)COCC(OCC(CO)CCO)C(OCC(CO)CCO)OCC(CO)CCO. The molecule has 12 heteroatoms. The zero-order valence-electron chi connectivity index (χ0n) is 20.7. The molecule has 5 atom stereocenters. The molecule has 5 unspecified atom stereocenters. The van der Waals surface area contributed by atoms with Crippen LogP contribution in [0.25, 0.3) is 0 Å². The number of aliphatic hydroxyl groups is 8. The van der Waals surface area contributed by atoms with Crippen LogP contribution in [0.15, 0.2) is 0 Å². The highest BCUT2D eigenvalue weighted by Gasteiger charge is 2.28. The van der Waals surface area contributed by atoms with Gasteiger partial charge in [0.1, 0.15) is 6.10 Å². The summed E-state index contributed by atoms with van der Waals surface area (Å²) >= 11 is 0. The predicted molar refractivity (Wildman–Crippen MR) is 125 cm³/mol. The molecule has 0 aliphatic heterocycles. The molecular formula is C23H48O12. The summed E-state index contributed by atoms with van der Waals surface area (Å²) in [5.74, 6) is -1.29. The number of ether oxygens (including phenoxy) is 4. The van der Waals surface area contributed by atoms with E-state index in [4.69, 9.17) is 24.1 Å². The van der Waals surface area contributed by atoms with Gasteiger partial charge in [-0.05, 0) is 25.7 Å². The Kier molecular flexibility index (Phi) is 23.6. The highest BCUT2D eigenvalue weighted by Crippen LogP contribution is 2.16. The standard InChI is InChI=1S/C23H48O12/c24-5-1-18(9-28)13-32-17-22(33-14-19(10-29)2-6-25)23(34-15-20(11-30)3-7-26)35-16-21(12-31)4-8-27/h18-31H,1-17H2. The molecule has 0 rings (SSSR count). The van der Waals surface area contributed by atoms with Gasteiger partial charge in [0.2, 0.25) is 0 Å². The number of rotatable bonds is 26. The fourth-order valence-corrected chi connectivity index (χ4v) is 3.18. The Hall–Kier alpha value is -0.480. The van der Waals surface area contributed by atoms with E-state index in [1.165, 1.54) is 0 Å². The van der Waals surface area contributed by atoms with Crippen molar-refractivity contribution in [3.05, 3.63) is 0 Å². The molecule has 0 radical (unpaired) electrons. The summed E-state index contributed by atoms with van der Waals surface area (Å²) in [6.45, 7) is -0.928.